The van der Waals surface area contributed by atoms with Crippen LogP contribution in [0.1, 0.15) is 19.3 Å². The molecule has 0 saturated carbocycles. The van der Waals surface area contributed by atoms with Gasteiger partial charge in [-0.05, 0) is 19.3 Å². The van der Waals surface area contributed by atoms with Crippen LogP contribution in [0.25, 0.3) is 11.0 Å². The van der Waals surface area contributed by atoms with E-state index in [1.54, 1.807) is 13.2 Å². The van der Waals surface area contributed by atoms with Gasteiger partial charge in [0.25, 0.3) is 0 Å². The molecular formula is C12H18N6O. The highest BCUT2D eigenvalue weighted by molar-refractivity contribution is 5.86. The molecule has 0 radical (unpaired) electrons. The molecule has 0 spiro atoms. The van der Waals surface area contributed by atoms with Gasteiger partial charge in [0, 0.05) is 20.2 Å². The maximum atomic E-state index is 5.70. The van der Waals surface area contributed by atoms with Gasteiger partial charge in [-0.25, -0.2) is 0 Å². The van der Waals surface area contributed by atoms with Crippen LogP contribution in [-0.2, 0) is 4.74 Å². The Bertz CT molecular complexity index is 548. The molecule has 1 fully saturated rings. The molecule has 0 aromatic carbocycles. The third-order valence-electron chi connectivity index (χ3n) is 3.30. The normalized spacial score (nSPS) is 19.5. The molecule has 3 N–H and O–H groups in total. The van der Waals surface area contributed by atoms with E-state index >= 15 is 0 Å². The number of aromatic amines is 1. The molecule has 19 heavy (non-hydrogen) atoms. The van der Waals surface area contributed by atoms with Crippen LogP contribution in [-0.4, -0.2) is 46.5 Å². The highest BCUT2D eigenvalue weighted by Gasteiger charge is 2.15. The first-order valence-electron chi connectivity index (χ1n) is 6.61. The van der Waals surface area contributed by atoms with Crippen molar-refractivity contribution in [2.45, 2.75) is 25.4 Å². The number of anilines is 2. The first kappa shape index (κ1) is 12.2. The van der Waals surface area contributed by atoms with Gasteiger partial charge in [0.2, 0.25) is 5.95 Å². The van der Waals surface area contributed by atoms with Crippen LogP contribution in [0.2, 0.25) is 0 Å². The average Bonchev–Trinajstić information content (AvgIpc) is 2.94. The van der Waals surface area contributed by atoms with Crippen LogP contribution in [0.5, 0.6) is 0 Å². The maximum absolute atomic E-state index is 5.70. The van der Waals surface area contributed by atoms with Crippen molar-refractivity contribution >= 4 is 22.8 Å². The Morgan fingerprint density at radius 1 is 1.42 bits per heavy atom. The fourth-order valence-electron chi connectivity index (χ4n) is 2.26. The van der Waals surface area contributed by atoms with Crippen molar-refractivity contribution < 1.29 is 4.74 Å². The molecule has 1 aliphatic heterocycles. The summed E-state index contributed by atoms with van der Waals surface area (Å²) in [6.07, 6.45) is 5.51. The summed E-state index contributed by atoms with van der Waals surface area (Å²) in [6.45, 7) is 1.62. The lowest BCUT2D eigenvalue weighted by atomic mass is 10.1. The molecule has 2 aromatic rings. The van der Waals surface area contributed by atoms with Gasteiger partial charge in [-0.3, -0.25) is 5.10 Å². The molecule has 0 bridgehead atoms. The third kappa shape index (κ3) is 2.60. The zero-order valence-corrected chi connectivity index (χ0v) is 10.9. The van der Waals surface area contributed by atoms with Gasteiger partial charge in [-0.1, -0.05) is 0 Å². The minimum absolute atomic E-state index is 0.267. The van der Waals surface area contributed by atoms with Crippen molar-refractivity contribution in [2.24, 2.45) is 0 Å². The second kappa shape index (κ2) is 5.40. The molecule has 0 amide bonds. The minimum Gasteiger partial charge on any atom is -0.376 e. The van der Waals surface area contributed by atoms with Crippen LogP contribution < -0.4 is 10.6 Å². The summed E-state index contributed by atoms with van der Waals surface area (Å²) in [5.41, 5.74) is 0.728. The van der Waals surface area contributed by atoms with Crippen molar-refractivity contribution in [1.29, 1.82) is 0 Å². The summed E-state index contributed by atoms with van der Waals surface area (Å²) in [5.74, 6) is 1.36. The fraction of sp³-hybridized carbons (Fsp3) is 0.583. The molecule has 102 valence electrons. The number of hydrogen-bond acceptors (Lipinski definition) is 6. The Balaban J connectivity index is 1.77. The Morgan fingerprint density at radius 2 is 2.37 bits per heavy atom. The van der Waals surface area contributed by atoms with E-state index in [2.05, 4.69) is 30.8 Å². The summed E-state index contributed by atoms with van der Waals surface area (Å²) >= 11 is 0. The van der Waals surface area contributed by atoms with Gasteiger partial charge in [0.05, 0.1) is 17.7 Å². The van der Waals surface area contributed by atoms with Gasteiger partial charge in [-0.2, -0.15) is 15.1 Å². The Labute approximate surface area is 111 Å². The average molecular weight is 262 g/mol. The predicted octanol–water partition coefficient (Wildman–Crippen LogP) is 1.38. The zero-order chi connectivity index (χ0) is 13.1. The summed E-state index contributed by atoms with van der Waals surface area (Å²) in [5, 5.41) is 14.1. The fourth-order valence-corrected chi connectivity index (χ4v) is 2.26. The van der Waals surface area contributed by atoms with E-state index in [4.69, 9.17) is 4.74 Å². The van der Waals surface area contributed by atoms with E-state index in [1.165, 1.54) is 12.8 Å². The van der Waals surface area contributed by atoms with E-state index in [9.17, 15) is 0 Å². The molecule has 1 atom stereocenters. The van der Waals surface area contributed by atoms with Crippen molar-refractivity contribution in [3.8, 4) is 0 Å². The van der Waals surface area contributed by atoms with E-state index in [0.717, 1.165) is 36.4 Å². The van der Waals surface area contributed by atoms with Crippen molar-refractivity contribution in [1.82, 2.24) is 20.2 Å². The van der Waals surface area contributed by atoms with Crippen LogP contribution in [0.3, 0.4) is 0 Å². The van der Waals surface area contributed by atoms with E-state index in [0.29, 0.717) is 5.95 Å². The first-order valence-corrected chi connectivity index (χ1v) is 6.61. The quantitative estimate of drug-likeness (QED) is 0.771. The van der Waals surface area contributed by atoms with Crippen molar-refractivity contribution in [2.75, 3.05) is 30.8 Å². The SMILES string of the molecule is CNc1nc(NCC2CCCCO2)c2cn[nH]c2n1. The van der Waals surface area contributed by atoms with Crippen LogP contribution in [0, 0.1) is 0 Å². The molecule has 1 aliphatic rings. The number of aromatic nitrogens is 4. The summed E-state index contributed by atoms with van der Waals surface area (Å²) in [4.78, 5) is 8.72. The lowest BCUT2D eigenvalue weighted by Crippen LogP contribution is -2.27. The second-order valence-electron chi connectivity index (χ2n) is 4.65. The Hall–Kier alpha value is -1.89. The lowest BCUT2D eigenvalue weighted by Gasteiger charge is -2.23. The van der Waals surface area contributed by atoms with Gasteiger partial charge in [0.15, 0.2) is 5.65 Å². The predicted molar refractivity (Wildman–Crippen MR) is 73.3 cm³/mol. The van der Waals surface area contributed by atoms with Crippen LogP contribution >= 0.6 is 0 Å². The highest BCUT2D eigenvalue weighted by Crippen LogP contribution is 2.20. The molecule has 7 nitrogen and oxygen atoms in total. The van der Waals surface area contributed by atoms with Gasteiger partial charge in [-0.15, -0.1) is 0 Å². The molecule has 7 heteroatoms. The molecule has 0 aliphatic carbocycles. The number of H-pyrrole nitrogens is 1. The largest absolute Gasteiger partial charge is 0.376 e. The summed E-state index contributed by atoms with van der Waals surface area (Å²) < 4.78 is 5.70. The molecule has 3 heterocycles. The number of hydrogen-bond donors (Lipinski definition) is 3. The third-order valence-corrected chi connectivity index (χ3v) is 3.30. The van der Waals surface area contributed by atoms with E-state index < -0.39 is 0 Å². The standard InChI is InChI=1S/C12H18N6O/c1-13-12-16-10(9-7-15-18-11(9)17-12)14-6-8-4-2-3-5-19-8/h7-8H,2-6H2,1H3,(H3,13,14,15,16,17,18). The van der Waals surface area contributed by atoms with Crippen LogP contribution in [0.15, 0.2) is 6.20 Å². The molecule has 1 saturated heterocycles. The monoisotopic (exact) mass is 262 g/mol. The Morgan fingerprint density at radius 3 is 3.16 bits per heavy atom. The second-order valence-corrected chi connectivity index (χ2v) is 4.65. The number of rotatable bonds is 4. The Kier molecular flexibility index (Phi) is 3.45. The van der Waals surface area contributed by atoms with E-state index in [-0.39, 0.29) is 6.10 Å². The van der Waals surface area contributed by atoms with E-state index in [1.807, 2.05) is 0 Å². The zero-order valence-electron chi connectivity index (χ0n) is 10.9. The van der Waals surface area contributed by atoms with Crippen LogP contribution in [0.4, 0.5) is 11.8 Å². The van der Waals surface area contributed by atoms with Crippen molar-refractivity contribution in [3.05, 3.63) is 6.20 Å². The number of nitrogens with zero attached hydrogens (tertiary/aromatic N) is 3. The van der Waals surface area contributed by atoms with Crippen molar-refractivity contribution in [3.63, 3.8) is 0 Å². The molecular weight excluding hydrogens is 244 g/mol. The molecule has 1 unspecified atom stereocenters. The molecule has 2 aromatic heterocycles. The van der Waals surface area contributed by atoms with Gasteiger partial charge < -0.3 is 15.4 Å². The van der Waals surface area contributed by atoms with Gasteiger partial charge in [0.1, 0.15) is 5.82 Å². The topological polar surface area (TPSA) is 87.8 Å². The number of fused-ring (bicyclic) bond motifs is 1. The lowest BCUT2D eigenvalue weighted by molar-refractivity contribution is 0.0247. The first-order chi connectivity index (χ1) is 9.36. The summed E-state index contributed by atoms with van der Waals surface area (Å²) in [7, 11) is 1.80. The smallest absolute Gasteiger partial charge is 0.226 e. The number of ether oxygens (including phenoxy) is 1. The van der Waals surface area contributed by atoms with Gasteiger partial charge >= 0.3 is 0 Å². The summed E-state index contributed by atoms with van der Waals surface area (Å²) in [6, 6.07) is 0. The number of nitrogens with one attached hydrogen (secondary N) is 3. The highest BCUT2D eigenvalue weighted by atomic mass is 16.5. The maximum Gasteiger partial charge on any atom is 0.226 e. The minimum atomic E-state index is 0.267. The molecule has 3 rings (SSSR count).